The second-order valence-electron chi connectivity index (χ2n) is 7.39. The summed E-state index contributed by atoms with van der Waals surface area (Å²) in [5, 5.41) is 4.99. The topological polar surface area (TPSA) is 84.0 Å². The maximum Gasteiger partial charge on any atom is 0.322 e. The Morgan fingerprint density at radius 1 is 0.733 bits per heavy atom. The summed E-state index contributed by atoms with van der Waals surface area (Å²) in [6.45, 7) is 1.68. The number of rotatable bonds is 3. The third kappa shape index (κ3) is 2.90. The second kappa shape index (κ2) is 6.77. The van der Waals surface area contributed by atoms with Crippen molar-refractivity contribution in [3.05, 3.63) is 84.4 Å². The molecule has 1 unspecified atom stereocenters. The van der Waals surface area contributed by atoms with E-state index in [0.29, 0.717) is 16.6 Å². The van der Waals surface area contributed by atoms with Gasteiger partial charge in [0.25, 0.3) is 5.91 Å². The molecule has 1 atom stereocenters. The summed E-state index contributed by atoms with van der Waals surface area (Å²) in [5.74, 6) is -0.385. The van der Waals surface area contributed by atoms with Crippen molar-refractivity contribution in [3.8, 4) is 22.5 Å². The molecule has 0 bridgehead atoms. The van der Waals surface area contributed by atoms with Gasteiger partial charge < -0.3 is 5.32 Å². The molecule has 0 saturated carbocycles. The minimum Gasteiger partial charge on any atom is -0.320 e. The van der Waals surface area contributed by atoms with Crippen LogP contribution in [0, 0.1) is 0 Å². The Balaban J connectivity index is 1.73. The van der Waals surface area contributed by atoms with Crippen LogP contribution in [0.15, 0.2) is 78.9 Å². The first kappa shape index (κ1) is 18.0. The minimum atomic E-state index is -1.14. The van der Waals surface area contributed by atoms with Crippen molar-refractivity contribution in [3.63, 3.8) is 0 Å². The number of benzene rings is 3. The molecule has 146 valence electrons. The van der Waals surface area contributed by atoms with E-state index in [1.54, 1.807) is 13.0 Å². The number of hydrogen-bond acceptors (Lipinski definition) is 4. The van der Waals surface area contributed by atoms with Gasteiger partial charge in [0.1, 0.15) is 5.54 Å². The number of urea groups is 1. The molecule has 0 radical (unpaired) electrons. The third-order valence-corrected chi connectivity index (χ3v) is 5.38. The second-order valence-corrected chi connectivity index (χ2v) is 7.39. The lowest BCUT2D eigenvalue weighted by atomic mass is 9.92. The van der Waals surface area contributed by atoms with E-state index >= 15 is 0 Å². The zero-order valence-electron chi connectivity index (χ0n) is 16.2. The van der Waals surface area contributed by atoms with Crippen LogP contribution in [0.4, 0.5) is 4.79 Å². The maximum absolute atomic E-state index is 12.3. The van der Waals surface area contributed by atoms with Crippen molar-refractivity contribution < 1.29 is 9.59 Å². The molecular formula is C24H18N4O2. The van der Waals surface area contributed by atoms with Gasteiger partial charge in [0, 0.05) is 11.1 Å². The average Bonchev–Trinajstić information content (AvgIpc) is 3.05. The van der Waals surface area contributed by atoms with Crippen molar-refractivity contribution >= 4 is 23.0 Å². The first-order chi connectivity index (χ1) is 14.5. The normalized spacial score (nSPS) is 18.3. The molecule has 1 aromatic heterocycles. The molecule has 4 aromatic rings. The summed E-state index contributed by atoms with van der Waals surface area (Å²) in [6.07, 6.45) is 0. The van der Waals surface area contributed by atoms with Crippen LogP contribution in [0.3, 0.4) is 0 Å². The highest BCUT2D eigenvalue weighted by molar-refractivity contribution is 6.07. The van der Waals surface area contributed by atoms with Gasteiger partial charge in [-0.15, -0.1) is 0 Å². The van der Waals surface area contributed by atoms with E-state index in [1.807, 2.05) is 72.8 Å². The number of nitrogens with one attached hydrogen (secondary N) is 2. The molecule has 0 spiro atoms. The molecule has 1 saturated heterocycles. The van der Waals surface area contributed by atoms with E-state index in [4.69, 9.17) is 9.97 Å². The van der Waals surface area contributed by atoms with Gasteiger partial charge in [-0.25, -0.2) is 14.8 Å². The number of fused-ring (bicyclic) bond motifs is 1. The highest BCUT2D eigenvalue weighted by atomic mass is 16.2. The Morgan fingerprint density at radius 3 is 1.83 bits per heavy atom. The fourth-order valence-corrected chi connectivity index (χ4v) is 3.71. The molecule has 1 aliphatic rings. The predicted molar refractivity (Wildman–Crippen MR) is 114 cm³/mol. The Bertz CT molecular complexity index is 1290. The van der Waals surface area contributed by atoms with Gasteiger partial charge in [-0.1, -0.05) is 66.7 Å². The smallest absolute Gasteiger partial charge is 0.320 e. The molecule has 1 aliphatic heterocycles. The number of aromatic nitrogens is 2. The van der Waals surface area contributed by atoms with Crippen LogP contribution in [0.1, 0.15) is 12.5 Å². The first-order valence-electron chi connectivity index (χ1n) is 9.61. The molecular weight excluding hydrogens is 376 g/mol. The third-order valence-electron chi connectivity index (χ3n) is 5.38. The number of nitrogens with zero attached hydrogens (tertiary/aromatic N) is 2. The van der Waals surface area contributed by atoms with Gasteiger partial charge in [-0.05, 0) is 24.6 Å². The van der Waals surface area contributed by atoms with Crippen LogP contribution in [-0.4, -0.2) is 21.9 Å². The lowest BCUT2D eigenvalue weighted by Gasteiger charge is -2.21. The van der Waals surface area contributed by atoms with E-state index < -0.39 is 11.6 Å². The standard InChI is InChI=1S/C24H18N4O2/c1-24(22(29)27-23(30)28-24)17-12-13-18-19(14-17)26-21(16-10-6-3-7-11-16)20(25-18)15-8-4-2-5-9-15/h2-14H,1H3,(H2,27,28,29,30). The van der Waals surface area contributed by atoms with Gasteiger partial charge in [-0.2, -0.15) is 0 Å². The summed E-state index contributed by atoms with van der Waals surface area (Å²) in [5.41, 5.74) is 4.36. The fourth-order valence-electron chi connectivity index (χ4n) is 3.71. The predicted octanol–water partition coefficient (Wildman–Crippen LogP) is 4.02. The van der Waals surface area contributed by atoms with Crippen molar-refractivity contribution in [1.29, 1.82) is 0 Å². The Hall–Kier alpha value is -4.06. The van der Waals surface area contributed by atoms with Crippen LogP contribution < -0.4 is 10.6 Å². The zero-order valence-corrected chi connectivity index (χ0v) is 16.2. The van der Waals surface area contributed by atoms with E-state index in [0.717, 1.165) is 22.5 Å². The molecule has 3 amide bonds. The van der Waals surface area contributed by atoms with Crippen molar-refractivity contribution in [2.75, 3.05) is 0 Å². The molecule has 0 aliphatic carbocycles. The van der Waals surface area contributed by atoms with Gasteiger partial charge >= 0.3 is 6.03 Å². The van der Waals surface area contributed by atoms with E-state index in [-0.39, 0.29) is 5.91 Å². The van der Waals surface area contributed by atoms with Crippen LogP contribution >= 0.6 is 0 Å². The van der Waals surface area contributed by atoms with Crippen molar-refractivity contribution in [2.45, 2.75) is 12.5 Å². The summed E-state index contributed by atoms with van der Waals surface area (Å²) in [7, 11) is 0. The molecule has 6 heteroatoms. The van der Waals surface area contributed by atoms with E-state index in [2.05, 4.69) is 10.6 Å². The first-order valence-corrected chi connectivity index (χ1v) is 9.61. The molecule has 6 nitrogen and oxygen atoms in total. The van der Waals surface area contributed by atoms with Crippen molar-refractivity contribution in [2.24, 2.45) is 0 Å². The maximum atomic E-state index is 12.3. The summed E-state index contributed by atoms with van der Waals surface area (Å²) < 4.78 is 0. The van der Waals surface area contributed by atoms with E-state index in [1.165, 1.54) is 0 Å². The summed E-state index contributed by atoms with van der Waals surface area (Å²) >= 11 is 0. The summed E-state index contributed by atoms with van der Waals surface area (Å²) in [6, 6.07) is 24.8. The van der Waals surface area contributed by atoms with Crippen LogP contribution in [-0.2, 0) is 10.3 Å². The van der Waals surface area contributed by atoms with E-state index in [9.17, 15) is 9.59 Å². The molecule has 3 aromatic carbocycles. The number of carbonyl (C=O) groups excluding carboxylic acids is 2. The van der Waals surface area contributed by atoms with Crippen LogP contribution in [0.2, 0.25) is 0 Å². The quantitative estimate of drug-likeness (QED) is 0.514. The Kier molecular flexibility index (Phi) is 4.06. The van der Waals surface area contributed by atoms with Gasteiger partial charge in [0.15, 0.2) is 0 Å². The minimum absolute atomic E-state index is 0.385. The monoisotopic (exact) mass is 394 g/mol. The van der Waals surface area contributed by atoms with Gasteiger partial charge in [0.2, 0.25) is 0 Å². The molecule has 1 fully saturated rings. The Morgan fingerprint density at radius 2 is 1.30 bits per heavy atom. The number of amides is 3. The largest absolute Gasteiger partial charge is 0.322 e. The highest BCUT2D eigenvalue weighted by Gasteiger charge is 2.43. The van der Waals surface area contributed by atoms with Gasteiger partial charge in [0.05, 0.1) is 22.4 Å². The van der Waals surface area contributed by atoms with Crippen molar-refractivity contribution in [1.82, 2.24) is 20.6 Å². The average molecular weight is 394 g/mol. The SMILES string of the molecule is CC1(c2ccc3nc(-c4ccccc4)c(-c4ccccc4)nc3c2)NC(=O)NC1=O. The molecule has 30 heavy (non-hydrogen) atoms. The number of imide groups is 1. The lowest BCUT2D eigenvalue weighted by molar-refractivity contribution is -0.123. The van der Waals surface area contributed by atoms with Crippen LogP contribution in [0.5, 0.6) is 0 Å². The number of carbonyl (C=O) groups is 2. The molecule has 2 N–H and O–H groups in total. The lowest BCUT2D eigenvalue weighted by Crippen LogP contribution is -2.40. The fraction of sp³-hybridized carbons (Fsp3) is 0.0833. The highest BCUT2D eigenvalue weighted by Crippen LogP contribution is 2.32. The Labute approximate surface area is 173 Å². The molecule has 5 rings (SSSR count). The summed E-state index contributed by atoms with van der Waals surface area (Å²) in [4.78, 5) is 33.8. The number of hydrogen-bond donors (Lipinski definition) is 2. The molecule has 2 heterocycles. The zero-order chi connectivity index (χ0) is 20.7. The van der Waals surface area contributed by atoms with Crippen LogP contribution in [0.25, 0.3) is 33.5 Å². The van der Waals surface area contributed by atoms with Gasteiger partial charge in [-0.3, -0.25) is 10.1 Å².